The Bertz CT molecular complexity index is 666. The van der Waals surface area contributed by atoms with Crippen LogP contribution in [-0.2, 0) is 4.79 Å². The van der Waals surface area contributed by atoms with Gasteiger partial charge in [0, 0.05) is 39.1 Å². The molecule has 1 aromatic rings. The molecule has 2 atom stereocenters. The average molecular weight is 348 g/mol. The minimum atomic E-state index is -0.390. The Morgan fingerprint density at radius 3 is 2.64 bits per heavy atom. The van der Waals surface area contributed by atoms with Crippen molar-refractivity contribution in [3.8, 4) is 0 Å². The Hall–Kier alpha value is -2.31. The molecule has 1 saturated carbocycles. The molecule has 0 spiro atoms. The van der Waals surface area contributed by atoms with Gasteiger partial charge in [-0.3, -0.25) is 4.79 Å². The summed E-state index contributed by atoms with van der Waals surface area (Å²) in [6, 6.07) is 4.34. The molecule has 3 amide bonds. The van der Waals surface area contributed by atoms with Crippen molar-refractivity contribution in [2.24, 2.45) is 5.92 Å². The van der Waals surface area contributed by atoms with Crippen LogP contribution in [0.2, 0.25) is 0 Å². The molecule has 2 aliphatic rings. The van der Waals surface area contributed by atoms with Crippen molar-refractivity contribution in [1.29, 1.82) is 0 Å². The molecule has 3 rings (SSSR count). The van der Waals surface area contributed by atoms with Gasteiger partial charge in [-0.15, -0.1) is 0 Å². The highest BCUT2D eigenvalue weighted by Gasteiger charge is 2.34. The monoisotopic (exact) mass is 348 g/mol. The quantitative estimate of drug-likeness (QED) is 0.882. The molecule has 25 heavy (non-hydrogen) atoms. The highest BCUT2D eigenvalue weighted by Crippen LogP contribution is 2.30. The molecule has 0 bridgehead atoms. The third kappa shape index (κ3) is 4.41. The maximum atomic E-state index is 13.7. The molecular weight excluding hydrogens is 323 g/mol. The van der Waals surface area contributed by atoms with Crippen molar-refractivity contribution in [3.05, 3.63) is 24.0 Å². The Morgan fingerprint density at radius 2 is 1.96 bits per heavy atom. The zero-order valence-electron chi connectivity index (χ0n) is 14.7. The number of rotatable bonds is 3. The molecule has 0 aromatic heterocycles. The molecule has 1 saturated heterocycles. The smallest absolute Gasteiger partial charge is 0.319 e. The molecule has 1 aliphatic heterocycles. The van der Waals surface area contributed by atoms with Crippen molar-refractivity contribution in [2.75, 3.05) is 36.4 Å². The number of carbonyl (C=O) groups is 2. The fraction of sp³-hybridized carbons (Fsp3) is 0.556. The van der Waals surface area contributed by atoms with Crippen molar-refractivity contribution >= 4 is 23.3 Å². The van der Waals surface area contributed by atoms with Gasteiger partial charge >= 0.3 is 6.03 Å². The average Bonchev–Trinajstić information content (AvgIpc) is 3.28. The van der Waals surface area contributed by atoms with Crippen LogP contribution in [0.3, 0.4) is 0 Å². The number of nitrogens with one attached hydrogen (secondary N) is 2. The summed E-state index contributed by atoms with van der Waals surface area (Å²) in [6.07, 6.45) is 1.82. The molecule has 7 heteroatoms. The van der Waals surface area contributed by atoms with Gasteiger partial charge in [0.25, 0.3) is 0 Å². The van der Waals surface area contributed by atoms with Gasteiger partial charge in [0.1, 0.15) is 5.82 Å². The summed E-state index contributed by atoms with van der Waals surface area (Å²) in [5.41, 5.74) is 1.24. The zero-order valence-corrected chi connectivity index (χ0v) is 14.7. The van der Waals surface area contributed by atoms with Gasteiger partial charge < -0.3 is 20.4 Å². The van der Waals surface area contributed by atoms with E-state index in [1.54, 1.807) is 13.0 Å². The highest BCUT2D eigenvalue weighted by molar-refractivity contribution is 5.93. The maximum Gasteiger partial charge on any atom is 0.319 e. The highest BCUT2D eigenvalue weighted by atomic mass is 19.1. The molecule has 1 heterocycles. The second-order valence-corrected chi connectivity index (χ2v) is 6.93. The van der Waals surface area contributed by atoms with E-state index in [1.165, 1.54) is 12.1 Å². The predicted molar refractivity (Wildman–Crippen MR) is 95.2 cm³/mol. The van der Waals surface area contributed by atoms with Crippen molar-refractivity contribution < 1.29 is 14.0 Å². The summed E-state index contributed by atoms with van der Waals surface area (Å²) in [5, 5.41) is 5.67. The molecule has 6 nitrogen and oxygen atoms in total. The van der Waals surface area contributed by atoms with Gasteiger partial charge in [0.15, 0.2) is 0 Å². The van der Waals surface area contributed by atoms with Gasteiger partial charge in [-0.05, 0) is 37.0 Å². The summed E-state index contributed by atoms with van der Waals surface area (Å²) in [4.78, 5) is 27.6. The van der Waals surface area contributed by atoms with Crippen molar-refractivity contribution in [3.63, 3.8) is 0 Å². The maximum absolute atomic E-state index is 13.7. The van der Waals surface area contributed by atoms with Crippen LogP contribution >= 0.6 is 0 Å². The van der Waals surface area contributed by atoms with Gasteiger partial charge in [0.2, 0.25) is 5.91 Å². The second-order valence-electron chi connectivity index (χ2n) is 6.93. The Balaban J connectivity index is 1.72. The molecule has 2 fully saturated rings. The van der Waals surface area contributed by atoms with Crippen LogP contribution < -0.4 is 15.5 Å². The number of nitrogens with zero attached hydrogens (tertiary/aromatic N) is 2. The number of carbonyl (C=O) groups excluding carboxylic acids is 2. The second kappa shape index (κ2) is 7.29. The predicted octanol–water partition coefficient (Wildman–Crippen LogP) is 2.41. The first kappa shape index (κ1) is 17.5. The lowest BCUT2D eigenvalue weighted by atomic mass is 10.2. The summed E-state index contributed by atoms with van der Waals surface area (Å²) in [5.74, 6) is 0.178. The fourth-order valence-electron chi connectivity index (χ4n) is 3.21. The van der Waals surface area contributed by atoms with E-state index in [4.69, 9.17) is 0 Å². The number of hydrogen-bond acceptors (Lipinski definition) is 3. The van der Waals surface area contributed by atoms with Crippen LogP contribution in [0.4, 0.5) is 20.6 Å². The van der Waals surface area contributed by atoms with Crippen LogP contribution in [0.1, 0.15) is 26.7 Å². The summed E-state index contributed by atoms with van der Waals surface area (Å²) < 4.78 is 13.7. The topological polar surface area (TPSA) is 64.7 Å². The number of benzene rings is 1. The third-order valence-corrected chi connectivity index (χ3v) is 4.91. The Labute approximate surface area is 147 Å². The molecule has 0 unspecified atom stereocenters. The number of urea groups is 1. The summed E-state index contributed by atoms with van der Waals surface area (Å²) in [7, 11) is 0. The van der Waals surface area contributed by atoms with E-state index >= 15 is 0 Å². The third-order valence-electron chi connectivity index (χ3n) is 4.91. The first-order valence-corrected chi connectivity index (χ1v) is 8.81. The fourth-order valence-corrected chi connectivity index (χ4v) is 3.21. The SMILES string of the molecule is CC(=O)N1CCCN(c2ccc(F)cc2NC(=O)N[C@@H]2C[C@@H]2C)CC1. The van der Waals surface area contributed by atoms with E-state index in [1.807, 2.05) is 4.90 Å². The lowest BCUT2D eigenvalue weighted by Crippen LogP contribution is -2.35. The number of amides is 3. The van der Waals surface area contributed by atoms with Crippen LogP contribution in [0, 0.1) is 11.7 Å². The number of halogens is 1. The number of anilines is 2. The zero-order chi connectivity index (χ0) is 18.0. The minimum absolute atomic E-state index is 0.0669. The van der Waals surface area contributed by atoms with Crippen LogP contribution in [0.15, 0.2) is 18.2 Å². The first-order valence-electron chi connectivity index (χ1n) is 8.81. The van der Waals surface area contributed by atoms with E-state index in [0.717, 1.165) is 31.6 Å². The Morgan fingerprint density at radius 1 is 1.20 bits per heavy atom. The lowest BCUT2D eigenvalue weighted by molar-refractivity contribution is -0.128. The molecule has 0 radical (unpaired) electrons. The van der Waals surface area contributed by atoms with Crippen molar-refractivity contribution in [2.45, 2.75) is 32.7 Å². The van der Waals surface area contributed by atoms with Gasteiger partial charge in [0.05, 0.1) is 11.4 Å². The molecule has 1 aromatic carbocycles. The van der Waals surface area contributed by atoms with Gasteiger partial charge in [-0.25, -0.2) is 9.18 Å². The van der Waals surface area contributed by atoms with Crippen LogP contribution in [0.5, 0.6) is 0 Å². The van der Waals surface area contributed by atoms with Gasteiger partial charge in [-0.2, -0.15) is 0 Å². The van der Waals surface area contributed by atoms with Gasteiger partial charge in [-0.1, -0.05) is 6.92 Å². The van der Waals surface area contributed by atoms with E-state index in [2.05, 4.69) is 22.5 Å². The van der Waals surface area contributed by atoms with Crippen LogP contribution in [0.25, 0.3) is 0 Å². The van der Waals surface area contributed by atoms with E-state index in [0.29, 0.717) is 24.7 Å². The lowest BCUT2D eigenvalue weighted by Gasteiger charge is -2.26. The molecule has 136 valence electrons. The van der Waals surface area contributed by atoms with Crippen LogP contribution in [-0.4, -0.2) is 49.1 Å². The van der Waals surface area contributed by atoms with E-state index in [-0.39, 0.29) is 23.8 Å². The van der Waals surface area contributed by atoms with Crippen molar-refractivity contribution in [1.82, 2.24) is 10.2 Å². The van der Waals surface area contributed by atoms with E-state index < -0.39 is 0 Å². The normalized spacial score (nSPS) is 23.0. The molecule has 1 aliphatic carbocycles. The summed E-state index contributed by atoms with van der Waals surface area (Å²) in [6.45, 7) is 6.40. The standard InChI is InChI=1S/C18H25FN4O2/c1-12-10-15(12)20-18(25)21-16-11-14(19)4-5-17(16)23-7-3-6-22(8-9-23)13(2)24/h4-5,11-12,15H,3,6-10H2,1-2H3,(H2,20,21,25)/t12-,15+/m0/s1. The van der Waals surface area contributed by atoms with E-state index in [9.17, 15) is 14.0 Å². The minimum Gasteiger partial charge on any atom is -0.368 e. The largest absolute Gasteiger partial charge is 0.368 e. The first-order chi connectivity index (χ1) is 11.9. The Kier molecular flexibility index (Phi) is 5.11. The number of hydrogen-bond donors (Lipinski definition) is 2. The molecule has 2 N–H and O–H groups in total. The molecular formula is C18H25FN4O2. The summed E-state index contributed by atoms with van der Waals surface area (Å²) >= 11 is 0.